The second kappa shape index (κ2) is 37.1. The van der Waals surface area contributed by atoms with E-state index in [1.165, 1.54) is 12.5 Å². The van der Waals surface area contributed by atoms with Crippen molar-refractivity contribution in [1.29, 1.82) is 0 Å². The summed E-state index contributed by atoms with van der Waals surface area (Å²) >= 11 is 14.1. The maximum absolute atomic E-state index is 12.0. The van der Waals surface area contributed by atoms with Gasteiger partial charge in [0, 0.05) is 201 Å². The van der Waals surface area contributed by atoms with Crippen molar-refractivity contribution in [3.63, 3.8) is 0 Å². The second-order valence-electron chi connectivity index (χ2n) is 27.5. The average molecular weight is 1810 g/mol. The third-order valence-electron chi connectivity index (χ3n) is 19.8. The van der Waals surface area contributed by atoms with Gasteiger partial charge >= 0.3 is 0 Å². The van der Waals surface area contributed by atoms with Crippen LogP contribution in [0, 0.1) is 0 Å². The Kier molecular flexibility index (Phi) is 27.2. The number of rotatable bonds is 18. The number of pyridine rings is 4. The number of sulfonamides is 2. The molecule has 0 bridgehead atoms. The first-order chi connectivity index (χ1) is 53.1. The molecule has 4 N–H and O–H groups in total. The molecule has 36 heteroatoms. The van der Waals surface area contributed by atoms with Crippen LogP contribution in [0.3, 0.4) is 0 Å². The predicted molar refractivity (Wildman–Crippen MR) is 441 cm³/mol. The van der Waals surface area contributed by atoms with Crippen LogP contribution in [0.2, 0.25) is 0 Å². The highest BCUT2D eigenvalue weighted by molar-refractivity contribution is 9.11. The molecule has 4 aliphatic rings. The number of carbonyl (C=O) groups excluding carboxylic acids is 2. The van der Waals surface area contributed by atoms with Gasteiger partial charge in [-0.15, -0.1) is 0 Å². The Labute approximate surface area is 678 Å². The average Bonchev–Trinajstić information content (AvgIpc) is 1.65. The smallest absolute Gasteiger partial charge is 0.219 e. The quantitative estimate of drug-likeness (QED) is 0.0620. The molecule has 12 aromatic heterocycles. The molecule has 2 unspecified atom stereocenters. The van der Waals surface area contributed by atoms with Gasteiger partial charge in [-0.2, -0.15) is 38.5 Å². The molecule has 0 saturated carbocycles. The lowest BCUT2D eigenvalue weighted by molar-refractivity contribution is -0.130. The molecule has 4 aliphatic heterocycles. The summed E-state index contributed by atoms with van der Waals surface area (Å²) in [5.74, 6) is 4.54. The van der Waals surface area contributed by atoms with Crippen molar-refractivity contribution < 1.29 is 26.4 Å². The number of hydrogen-bond donors (Lipinski definition) is 4. The first-order valence-electron chi connectivity index (χ1n) is 36.2. The summed E-state index contributed by atoms with van der Waals surface area (Å²) in [6.07, 6.45) is 31.0. The zero-order chi connectivity index (χ0) is 77.1. The SMILES string of the molecule is C.CC(=O)N1CCC(c2cc(NCc3cccnc3)n3ncc(Br)c3n2)CC1.CC(=O)N1CCCC(c2cc(NCc3cccnc3)n3ncc(Br)c3n2)C1.CS(=O)(=O)N1CCC(c2cc(NCc3cccnc3)n3ncc(Br)c3n2)CC1.CS(=O)(=O)N1CCCC(c2cc(NCc3cccnc3)n3ncc(Br)c3n2)C1. The highest BCUT2D eigenvalue weighted by atomic mass is 79.9. The van der Waals surface area contributed by atoms with Gasteiger partial charge in [0.25, 0.3) is 0 Å². The van der Waals surface area contributed by atoms with E-state index in [0.29, 0.717) is 70.5 Å². The minimum atomic E-state index is -3.21. The molecule has 30 nitrogen and oxygen atoms in total. The molecule has 0 aromatic carbocycles. The largest absolute Gasteiger partial charge is 0.366 e. The van der Waals surface area contributed by atoms with Crippen molar-refractivity contribution in [2.24, 2.45) is 0 Å². The molecule has 16 rings (SSSR count). The number of aromatic nitrogens is 16. The van der Waals surface area contributed by atoms with Gasteiger partial charge in [0.2, 0.25) is 31.9 Å². The zero-order valence-electron chi connectivity index (χ0n) is 61.0. The molecule has 12 aromatic rings. The van der Waals surface area contributed by atoms with E-state index < -0.39 is 20.0 Å². The number of piperidine rings is 4. The molecule has 4 fully saturated rings. The number of nitrogens with one attached hydrogen (secondary N) is 4. The van der Waals surface area contributed by atoms with Gasteiger partial charge in [-0.25, -0.2) is 45.4 Å². The fourth-order valence-corrected chi connectivity index (χ4v) is 17.1. The molecule has 0 aliphatic carbocycles. The first-order valence-corrected chi connectivity index (χ1v) is 43.0. The summed E-state index contributed by atoms with van der Waals surface area (Å²) in [7, 11) is -6.35. The van der Waals surface area contributed by atoms with Crippen molar-refractivity contribution in [2.45, 2.75) is 122 Å². The fourth-order valence-electron chi connectivity index (χ4n) is 13.9. The Morgan fingerprint density at radius 3 is 1.01 bits per heavy atom. The summed E-state index contributed by atoms with van der Waals surface area (Å²) in [6, 6.07) is 23.9. The lowest BCUT2D eigenvalue weighted by Crippen LogP contribution is -2.38. The van der Waals surface area contributed by atoms with Crippen LogP contribution in [0.5, 0.6) is 0 Å². The predicted octanol–water partition coefficient (Wildman–Crippen LogP) is 12.4. The summed E-state index contributed by atoms with van der Waals surface area (Å²) in [4.78, 5) is 63.0. The summed E-state index contributed by atoms with van der Waals surface area (Å²) in [5, 5.41) is 31.4. The van der Waals surface area contributed by atoms with E-state index in [1.54, 1.807) is 85.6 Å². The van der Waals surface area contributed by atoms with Crippen LogP contribution in [0.15, 0.2) is 165 Å². The summed E-state index contributed by atoms with van der Waals surface area (Å²) in [5.41, 5.74) is 11.2. The van der Waals surface area contributed by atoms with Gasteiger partial charge in [0.1, 0.15) is 23.3 Å². The van der Waals surface area contributed by atoms with Crippen molar-refractivity contribution in [1.82, 2.24) is 96.7 Å². The van der Waals surface area contributed by atoms with Crippen LogP contribution in [0.25, 0.3) is 22.6 Å². The minimum Gasteiger partial charge on any atom is -0.366 e. The number of nitrogens with zero attached hydrogens (tertiary/aromatic N) is 20. The minimum absolute atomic E-state index is 0. The molecule has 111 heavy (non-hydrogen) atoms. The Balaban J connectivity index is 0.000000137. The third kappa shape index (κ3) is 20.6. The maximum Gasteiger partial charge on any atom is 0.219 e. The van der Waals surface area contributed by atoms with E-state index in [-0.39, 0.29) is 37.0 Å². The lowest BCUT2D eigenvalue weighted by Gasteiger charge is -2.32. The van der Waals surface area contributed by atoms with E-state index in [9.17, 15) is 26.4 Å². The van der Waals surface area contributed by atoms with Crippen LogP contribution in [0.1, 0.15) is 141 Å². The monoisotopic (exact) mass is 1800 g/mol. The third-order valence-corrected chi connectivity index (χ3v) is 24.6. The highest BCUT2D eigenvalue weighted by Gasteiger charge is 2.32. The van der Waals surface area contributed by atoms with Crippen LogP contribution < -0.4 is 21.3 Å². The van der Waals surface area contributed by atoms with Gasteiger partial charge in [-0.3, -0.25) is 29.5 Å². The molecular weight excluding hydrogens is 1720 g/mol. The molecule has 2 amide bonds. The van der Waals surface area contributed by atoms with E-state index >= 15 is 0 Å². The highest BCUT2D eigenvalue weighted by Crippen LogP contribution is 2.36. The summed E-state index contributed by atoms with van der Waals surface area (Å²) in [6.45, 7) is 11.0. The number of carbonyl (C=O) groups is 2. The number of hydrogen-bond acceptors (Lipinski definition) is 22. The van der Waals surface area contributed by atoms with Crippen molar-refractivity contribution >= 4 is 141 Å². The first kappa shape index (κ1) is 81.4. The Hall–Kier alpha value is -9.04. The maximum atomic E-state index is 12.0. The molecule has 16 heterocycles. The Morgan fingerprint density at radius 1 is 0.396 bits per heavy atom. The van der Waals surface area contributed by atoms with Crippen molar-refractivity contribution in [3.05, 3.63) is 210 Å². The number of fused-ring (bicyclic) bond motifs is 4. The van der Waals surface area contributed by atoms with E-state index in [1.807, 2.05) is 99.8 Å². The van der Waals surface area contributed by atoms with Crippen molar-refractivity contribution in [2.75, 3.05) is 86.1 Å². The lowest BCUT2D eigenvalue weighted by atomic mass is 9.93. The van der Waals surface area contributed by atoms with Crippen LogP contribution in [-0.4, -0.2) is 190 Å². The Morgan fingerprint density at radius 2 is 0.703 bits per heavy atom. The number of anilines is 4. The summed E-state index contributed by atoms with van der Waals surface area (Å²) < 4.78 is 61.1. The number of amides is 2. The van der Waals surface area contributed by atoms with Crippen LogP contribution >= 0.6 is 63.7 Å². The van der Waals surface area contributed by atoms with Crippen LogP contribution in [0.4, 0.5) is 23.3 Å². The molecular formula is C75H88Br4N24O6S2. The van der Waals surface area contributed by atoms with Gasteiger partial charge in [-0.1, -0.05) is 31.7 Å². The van der Waals surface area contributed by atoms with Gasteiger partial charge in [-0.05, 0) is 162 Å². The zero-order valence-corrected chi connectivity index (χ0v) is 69.0. The van der Waals surface area contributed by atoms with Gasteiger partial charge in [0.15, 0.2) is 22.6 Å². The normalized spacial score (nSPS) is 16.7. The van der Waals surface area contributed by atoms with E-state index in [4.69, 9.17) is 19.9 Å². The molecule has 0 spiro atoms. The molecule has 0 radical (unpaired) electrons. The van der Waals surface area contributed by atoms with Gasteiger partial charge in [0.05, 0.1) is 66.6 Å². The second-order valence-corrected chi connectivity index (χ2v) is 34.9. The topological polar surface area (TPSA) is 336 Å². The number of likely N-dealkylation sites (tertiary alicyclic amines) is 2. The molecule has 2 atom stereocenters. The molecule has 584 valence electrons. The van der Waals surface area contributed by atoms with Crippen LogP contribution in [-0.2, 0) is 55.8 Å². The Bertz CT molecular complexity index is 5400. The molecule has 4 saturated heterocycles. The standard InChI is InChI=1S/2C19H21BrN6O.2C18H21BrN6O2S.CH4/c1-13(27)25-7-3-5-15(12-25)17-8-18(22-10-14-4-2-6-21-9-14)26-19(24-17)16(20)11-23-26;1-13(27)25-7-4-15(5-8-25)17-9-18(22-11-14-3-2-6-21-10-14)26-19(24-17)16(20)12-23-26;1-28(26,27)24-7-3-5-14(12-24)16-8-17(21-10-13-4-2-6-20-9-13)25-18(23-16)15(19)11-22-25;1-28(26,27)24-7-4-14(5-8-24)16-9-17(21-11-13-3-2-6-20-10-13)25-18(23-16)15(19)12-22-25;/h2,4,6,8-9,11,15,22H,3,5,7,10,12H2,1H3;2-3,6,9-10,12,15,22H,4-5,7-8,11H2,1H3;2,4,6,8-9,11,14,21H,3,5,7,10,12H2,1H3;2-3,6,9-10,12,14,21H,4-5,7-8,11H2,1H3;1H4. The van der Waals surface area contributed by atoms with Crippen molar-refractivity contribution in [3.8, 4) is 0 Å². The van der Waals surface area contributed by atoms with Gasteiger partial charge < -0.3 is 31.1 Å². The fraction of sp³-hybridized carbons (Fsp3) is 0.387. The number of halogens is 4. The van der Waals surface area contributed by atoms with E-state index in [2.05, 4.69) is 137 Å². The van der Waals surface area contributed by atoms with E-state index in [0.717, 1.165) is 174 Å².